The molecule has 0 heterocycles. The van der Waals surface area contributed by atoms with Crippen LogP contribution in [0, 0.1) is 0 Å². The Morgan fingerprint density at radius 2 is 1.81 bits per heavy atom. The van der Waals surface area contributed by atoms with Gasteiger partial charge in [-0.15, -0.1) is 0 Å². The Bertz CT molecular complexity index is 381. The number of halogens is 3. The summed E-state index contributed by atoms with van der Waals surface area (Å²) < 4.78 is 63.5. The summed E-state index contributed by atoms with van der Waals surface area (Å²) in [6.07, 6.45) is -5.13. The highest BCUT2D eigenvalue weighted by Crippen LogP contribution is 2.30. The van der Waals surface area contributed by atoms with Gasteiger partial charge in [-0.2, -0.15) is 13.2 Å². The van der Waals surface area contributed by atoms with Gasteiger partial charge in [0.05, 0.1) is 12.4 Å². The number of carbonyl (C=O) groups excluding carboxylic acids is 1. The molecule has 0 rings (SSSR count). The minimum absolute atomic E-state index is 0.0394. The fourth-order valence-electron chi connectivity index (χ4n) is 0.794. The van der Waals surface area contributed by atoms with E-state index in [1.54, 1.807) is 0 Å². The Morgan fingerprint density at radius 1 is 1.31 bits per heavy atom. The van der Waals surface area contributed by atoms with Crippen LogP contribution in [0.15, 0.2) is 11.0 Å². The topological polar surface area (TPSA) is 60.4 Å². The maximum absolute atomic E-state index is 12.3. The van der Waals surface area contributed by atoms with Crippen LogP contribution in [-0.4, -0.2) is 32.9 Å². The van der Waals surface area contributed by atoms with E-state index in [0.29, 0.717) is 0 Å². The van der Waals surface area contributed by atoms with E-state index in [1.807, 2.05) is 0 Å². The number of esters is 1. The lowest BCUT2D eigenvalue weighted by molar-refractivity contribution is -0.138. The third kappa shape index (κ3) is 4.21. The third-order valence-electron chi connectivity index (χ3n) is 1.53. The van der Waals surface area contributed by atoms with Crippen molar-refractivity contribution < 1.29 is 31.1 Å². The van der Waals surface area contributed by atoms with Gasteiger partial charge in [0.25, 0.3) is 0 Å². The SMILES string of the molecule is CCOC(=O)/C=C(/C(F)(F)F)S(=O)(=O)CC. The number of carbonyl (C=O) groups is 1. The molecule has 0 saturated carbocycles. The second-order valence-corrected chi connectivity index (χ2v) is 4.91. The first-order valence-electron chi connectivity index (χ1n) is 4.33. The van der Waals surface area contributed by atoms with Crippen LogP contribution in [-0.2, 0) is 19.4 Å². The highest BCUT2D eigenvalue weighted by atomic mass is 32.2. The molecular weight excluding hydrogens is 249 g/mol. The molecule has 94 valence electrons. The van der Waals surface area contributed by atoms with Crippen LogP contribution in [0.2, 0.25) is 0 Å². The summed E-state index contributed by atoms with van der Waals surface area (Å²) in [5, 5.41) is 0. The average Bonchev–Trinajstić information content (AvgIpc) is 2.13. The molecule has 0 spiro atoms. The number of sulfone groups is 1. The van der Waals surface area contributed by atoms with Gasteiger partial charge >= 0.3 is 12.1 Å². The predicted molar refractivity (Wildman–Crippen MR) is 50.2 cm³/mol. The lowest BCUT2D eigenvalue weighted by Gasteiger charge is -2.10. The molecule has 0 radical (unpaired) electrons. The summed E-state index contributed by atoms with van der Waals surface area (Å²) in [6.45, 7) is 2.32. The molecule has 8 heteroatoms. The van der Waals surface area contributed by atoms with Gasteiger partial charge in [-0.3, -0.25) is 0 Å². The Balaban J connectivity index is 5.38. The summed E-state index contributed by atoms with van der Waals surface area (Å²) >= 11 is 0. The van der Waals surface area contributed by atoms with Crippen LogP contribution < -0.4 is 0 Å². The summed E-state index contributed by atoms with van der Waals surface area (Å²) in [5.41, 5.74) is 0. The maximum atomic E-state index is 12.3. The molecule has 0 aliphatic carbocycles. The first-order valence-corrected chi connectivity index (χ1v) is 5.98. The lowest BCUT2D eigenvalue weighted by Crippen LogP contribution is -2.23. The van der Waals surface area contributed by atoms with Gasteiger partial charge in [-0.05, 0) is 6.92 Å². The zero-order chi connectivity index (χ0) is 13.0. The van der Waals surface area contributed by atoms with Crippen LogP contribution in [0.25, 0.3) is 0 Å². The maximum Gasteiger partial charge on any atom is 0.427 e. The molecule has 0 bridgehead atoms. The van der Waals surface area contributed by atoms with Crippen molar-refractivity contribution in [2.24, 2.45) is 0 Å². The molecule has 0 N–H and O–H groups in total. The standard InChI is InChI=1S/C8H11F3O4S/c1-3-15-7(12)5-6(8(9,10)11)16(13,14)4-2/h5H,3-4H2,1-2H3/b6-5-. The third-order valence-corrected chi connectivity index (χ3v) is 3.31. The summed E-state index contributed by atoms with van der Waals surface area (Å²) in [5.74, 6) is -2.07. The molecule has 0 fully saturated rings. The average molecular weight is 260 g/mol. The number of ether oxygens (including phenoxy) is 1. The quantitative estimate of drug-likeness (QED) is 0.566. The molecule has 16 heavy (non-hydrogen) atoms. The van der Waals surface area contributed by atoms with E-state index < -0.39 is 32.6 Å². The summed E-state index contributed by atoms with van der Waals surface area (Å²) in [6, 6.07) is 0. The fraction of sp³-hybridized carbons (Fsp3) is 0.625. The summed E-state index contributed by atoms with van der Waals surface area (Å²) in [4.78, 5) is 8.93. The van der Waals surface area contributed by atoms with Crippen LogP contribution in [0.5, 0.6) is 0 Å². The number of hydrogen-bond donors (Lipinski definition) is 0. The molecule has 0 aromatic rings. The van der Waals surface area contributed by atoms with Gasteiger partial charge in [-0.25, -0.2) is 13.2 Å². The number of alkyl halides is 3. The number of rotatable bonds is 4. The minimum atomic E-state index is -5.10. The van der Waals surface area contributed by atoms with E-state index in [4.69, 9.17) is 0 Å². The predicted octanol–water partition coefficient (Wildman–Crippen LogP) is 1.43. The molecule has 0 aromatic carbocycles. The molecule has 0 amide bonds. The Morgan fingerprint density at radius 3 is 2.12 bits per heavy atom. The van der Waals surface area contributed by atoms with Crippen LogP contribution in [0.3, 0.4) is 0 Å². The second-order valence-electron chi connectivity index (χ2n) is 2.66. The van der Waals surface area contributed by atoms with Gasteiger partial charge in [0.1, 0.15) is 0 Å². The van der Waals surface area contributed by atoms with Crippen molar-refractivity contribution in [2.45, 2.75) is 20.0 Å². The first-order chi connectivity index (χ1) is 7.15. The Labute approximate surface area is 91.0 Å². The Kier molecular flexibility index (Phi) is 4.98. The normalized spacial score (nSPS) is 13.7. The molecule has 0 atom stereocenters. The van der Waals surface area contributed by atoms with Gasteiger partial charge < -0.3 is 4.74 Å². The smallest absolute Gasteiger partial charge is 0.427 e. The molecule has 0 aromatic heterocycles. The van der Waals surface area contributed by atoms with E-state index in [0.717, 1.165) is 6.92 Å². The van der Waals surface area contributed by atoms with Crippen molar-refractivity contribution in [2.75, 3.05) is 12.4 Å². The minimum Gasteiger partial charge on any atom is -0.463 e. The van der Waals surface area contributed by atoms with Gasteiger partial charge in [0.2, 0.25) is 0 Å². The van der Waals surface area contributed by atoms with Gasteiger partial charge in [0, 0.05) is 6.08 Å². The molecule has 4 nitrogen and oxygen atoms in total. The van der Waals surface area contributed by atoms with E-state index in [-0.39, 0.29) is 12.7 Å². The molecule has 0 unspecified atom stereocenters. The zero-order valence-electron chi connectivity index (χ0n) is 8.67. The Hall–Kier alpha value is -1.05. The second kappa shape index (κ2) is 5.33. The number of hydrogen-bond acceptors (Lipinski definition) is 4. The molecular formula is C8H11F3O4S. The monoisotopic (exact) mass is 260 g/mol. The molecule has 0 aliphatic heterocycles. The van der Waals surface area contributed by atoms with E-state index >= 15 is 0 Å². The summed E-state index contributed by atoms with van der Waals surface area (Å²) in [7, 11) is -4.50. The van der Waals surface area contributed by atoms with Crippen LogP contribution >= 0.6 is 0 Å². The van der Waals surface area contributed by atoms with E-state index in [2.05, 4.69) is 4.74 Å². The highest BCUT2D eigenvalue weighted by Gasteiger charge is 2.42. The number of allylic oxidation sites excluding steroid dienone is 1. The van der Waals surface area contributed by atoms with Gasteiger partial charge in [-0.1, -0.05) is 6.92 Å². The van der Waals surface area contributed by atoms with Gasteiger partial charge in [0.15, 0.2) is 14.7 Å². The van der Waals surface area contributed by atoms with Crippen molar-refractivity contribution >= 4 is 15.8 Å². The van der Waals surface area contributed by atoms with Crippen molar-refractivity contribution in [3.8, 4) is 0 Å². The fourth-order valence-corrected chi connectivity index (χ4v) is 1.73. The van der Waals surface area contributed by atoms with Crippen molar-refractivity contribution in [1.29, 1.82) is 0 Å². The van der Waals surface area contributed by atoms with Crippen molar-refractivity contribution in [3.05, 3.63) is 11.0 Å². The lowest BCUT2D eigenvalue weighted by atomic mass is 10.5. The zero-order valence-corrected chi connectivity index (χ0v) is 9.48. The van der Waals surface area contributed by atoms with Crippen LogP contribution in [0.1, 0.15) is 13.8 Å². The molecule has 0 saturated heterocycles. The van der Waals surface area contributed by atoms with Crippen molar-refractivity contribution in [1.82, 2.24) is 0 Å². The van der Waals surface area contributed by atoms with Crippen molar-refractivity contribution in [3.63, 3.8) is 0 Å². The van der Waals surface area contributed by atoms with E-state index in [1.165, 1.54) is 6.92 Å². The van der Waals surface area contributed by atoms with E-state index in [9.17, 15) is 26.4 Å². The largest absolute Gasteiger partial charge is 0.463 e. The van der Waals surface area contributed by atoms with Crippen LogP contribution in [0.4, 0.5) is 13.2 Å². The highest BCUT2D eigenvalue weighted by molar-refractivity contribution is 7.95. The molecule has 0 aliphatic rings. The first kappa shape index (κ1) is 14.9.